The molecule has 126 valence electrons. The van der Waals surface area contributed by atoms with Crippen LogP contribution in [0.25, 0.3) is 0 Å². The van der Waals surface area contributed by atoms with E-state index in [0.29, 0.717) is 19.0 Å². The van der Waals surface area contributed by atoms with Crippen LogP contribution in [0.15, 0.2) is 24.3 Å². The Bertz CT molecular complexity index is 449. The molecular formula is C16H27Cl2N3O. The summed E-state index contributed by atoms with van der Waals surface area (Å²) in [6.07, 6.45) is 3.41. The van der Waals surface area contributed by atoms with E-state index in [4.69, 9.17) is 5.73 Å². The molecule has 0 aromatic heterocycles. The Labute approximate surface area is 145 Å². The standard InChI is InChI=1S/C16H25N3O.2ClH/c1-13-4-2-5-15(12-13)18-14-7-10-19(11-8-14)16(20)6-3-9-17;;/h2,4-5,12,14,18H,3,6-11,17H2,1H3;2*1H. The highest BCUT2D eigenvalue weighted by Gasteiger charge is 2.22. The first-order valence-electron chi connectivity index (χ1n) is 7.50. The van der Waals surface area contributed by atoms with Crippen molar-refractivity contribution in [1.29, 1.82) is 0 Å². The summed E-state index contributed by atoms with van der Waals surface area (Å²) in [6.45, 7) is 4.40. The van der Waals surface area contributed by atoms with Gasteiger partial charge in [-0.1, -0.05) is 12.1 Å². The lowest BCUT2D eigenvalue weighted by atomic mass is 10.0. The van der Waals surface area contributed by atoms with Gasteiger partial charge in [-0.3, -0.25) is 4.79 Å². The van der Waals surface area contributed by atoms with E-state index in [0.717, 1.165) is 32.4 Å². The van der Waals surface area contributed by atoms with Gasteiger partial charge in [-0.15, -0.1) is 24.8 Å². The summed E-state index contributed by atoms with van der Waals surface area (Å²) in [7, 11) is 0. The lowest BCUT2D eigenvalue weighted by Gasteiger charge is -2.33. The maximum atomic E-state index is 11.9. The van der Waals surface area contributed by atoms with Gasteiger partial charge in [-0.05, 0) is 50.4 Å². The van der Waals surface area contributed by atoms with Crippen molar-refractivity contribution >= 4 is 36.4 Å². The zero-order chi connectivity index (χ0) is 14.4. The maximum Gasteiger partial charge on any atom is 0.222 e. The van der Waals surface area contributed by atoms with Gasteiger partial charge >= 0.3 is 0 Å². The number of carbonyl (C=O) groups excluding carboxylic acids is 1. The van der Waals surface area contributed by atoms with Gasteiger partial charge in [0, 0.05) is 31.2 Å². The van der Waals surface area contributed by atoms with E-state index in [9.17, 15) is 4.79 Å². The normalized spacial score (nSPS) is 14.7. The number of hydrogen-bond donors (Lipinski definition) is 2. The van der Waals surface area contributed by atoms with Crippen molar-refractivity contribution in [3.8, 4) is 0 Å². The summed E-state index contributed by atoms with van der Waals surface area (Å²) in [5.74, 6) is 0.254. The number of halogens is 2. The Morgan fingerprint density at radius 1 is 1.32 bits per heavy atom. The maximum absolute atomic E-state index is 11.9. The summed E-state index contributed by atoms with van der Waals surface area (Å²) in [5.41, 5.74) is 7.89. The first-order chi connectivity index (χ1) is 9.69. The van der Waals surface area contributed by atoms with Crippen molar-refractivity contribution in [2.24, 2.45) is 5.73 Å². The van der Waals surface area contributed by atoms with Crippen molar-refractivity contribution in [3.05, 3.63) is 29.8 Å². The van der Waals surface area contributed by atoms with Crippen LogP contribution in [0.5, 0.6) is 0 Å². The fourth-order valence-electron chi connectivity index (χ4n) is 2.66. The third-order valence-electron chi connectivity index (χ3n) is 3.83. The summed E-state index contributed by atoms with van der Waals surface area (Å²) >= 11 is 0. The number of piperidine rings is 1. The number of likely N-dealkylation sites (tertiary alicyclic amines) is 1. The average Bonchev–Trinajstić information content (AvgIpc) is 2.45. The Kier molecular flexibility index (Phi) is 10.2. The highest BCUT2D eigenvalue weighted by atomic mass is 35.5. The molecular weight excluding hydrogens is 321 g/mol. The predicted octanol–water partition coefficient (Wildman–Crippen LogP) is 2.98. The van der Waals surface area contributed by atoms with Crippen LogP contribution >= 0.6 is 24.8 Å². The molecule has 0 saturated carbocycles. The van der Waals surface area contributed by atoms with Crippen LogP contribution in [-0.2, 0) is 4.79 Å². The SMILES string of the molecule is Cc1cccc(NC2CCN(C(=O)CCCN)CC2)c1.Cl.Cl. The second kappa shape index (κ2) is 10.7. The van der Waals surface area contributed by atoms with E-state index in [1.165, 1.54) is 11.3 Å². The monoisotopic (exact) mass is 347 g/mol. The highest BCUT2D eigenvalue weighted by Crippen LogP contribution is 2.18. The molecule has 1 amide bonds. The number of nitrogens with two attached hydrogens (primary N) is 1. The number of nitrogens with zero attached hydrogens (tertiary/aromatic N) is 1. The molecule has 6 heteroatoms. The molecule has 22 heavy (non-hydrogen) atoms. The van der Waals surface area contributed by atoms with Crippen LogP contribution < -0.4 is 11.1 Å². The first kappa shape index (κ1) is 21.0. The molecule has 0 spiro atoms. The lowest BCUT2D eigenvalue weighted by molar-refractivity contribution is -0.132. The van der Waals surface area contributed by atoms with Crippen molar-refractivity contribution < 1.29 is 4.79 Å². The molecule has 1 heterocycles. The molecule has 0 atom stereocenters. The molecule has 4 nitrogen and oxygen atoms in total. The van der Waals surface area contributed by atoms with E-state index >= 15 is 0 Å². The van der Waals surface area contributed by atoms with Gasteiger partial charge in [0.2, 0.25) is 5.91 Å². The van der Waals surface area contributed by atoms with Gasteiger partial charge in [0.25, 0.3) is 0 Å². The number of nitrogens with one attached hydrogen (secondary N) is 1. The molecule has 1 aromatic rings. The zero-order valence-electron chi connectivity index (χ0n) is 13.1. The third-order valence-corrected chi connectivity index (χ3v) is 3.83. The van der Waals surface area contributed by atoms with Crippen LogP contribution in [0.1, 0.15) is 31.2 Å². The van der Waals surface area contributed by atoms with Crippen molar-refractivity contribution in [2.45, 2.75) is 38.6 Å². The molecule has 0 radical (unpaired) electrons. The van der Waals surface area contributed by atoms with Gasteiger partial charge in [-0.25, -0.2) is 0 Å². The van der Waals surface area contributed by atoms with Crippen molar-refractivity contribution in [2.75, 3.05) is 25.0 Å². The van der Waals surface area contributed by atoms with Gasteiger partial charge < -0.3 is 16.0 Å². The molecule has 0 bridgehead atoms. The smallest absolute Gasteiger partial charge is 0.222 e. The van der Waals surface area contributed by atoms with Crippen LogP contribution in [-0.4, -0.2) is 36.5 Å². The van der Waals surface area contributed by atoms with E-state index < -0.39 is 0 Å². The van der Waals surface area contributed by atoms with Gasteiger partial charge in [0.1, 0.15) is 0 Å². The largest absolute Gasteiger partial charge is 0.382 e. The average molecular weight is 348 g/mol. The Hall–Kier alpha value is -0.970. The van der Waals surface area contributed by atoms with E-state index in [1.807, 2.05) is 4.90 Å². The van der Waals surface area contributed by atoms with Crippen molar-refractivity contribution in [1.82, 2.24) is 4.90 Å². The first-order valence-corrected chi connectivity index (χ1v) is 7.50. The molecule has 0 unspecified atom stereocenters. The van der Waals surface area contributed by atoms with Crippen LogP contribution in [0.3, 0.4) is 0 Å². The second-order valence-electron chi connectivity index (χ2n) is 5.56. The Morgan fingerprint density at radius 3 is 2.59 bits per heavy atom. The van der Waals surface area contributed by atoms with Crippen LogP contribution in [0.2, 0.25) is 0 Å². The van der Waals surface area contributed by atoms with E-state index in [2.05, 4.69) is 36.5 Å². The van der Waals surface area contributed by atoms with Crippen molar-refractivity contribution in [3.63, 3.8) is 0 Å². The number of anilines is 1. The number of hydrogen-bond acceptors (Lipinski definition) is 3. The summed E-state index contributed by atoms with van der Waals surface area (Å²) in [6, 6.07) is 8.91. The molecule has 2 rings (SSSR count). The van der Waals surface area contributed by atoms with Crippen LogP contribution in [0.4, 0.5) is 5.69 Å². The fraction of sp³-hybridized carbons (Fsp3) is 0.562. The van der Waals surface area contributed by atoms with E-state index in [1.54, 1.807) is 0 Å². The molecule has 1 aliphatic rings. The van der Waals surface area contributed by atoms with Gasteiger partial charge in [0.15, 0.2) is 0 Å². The molecule has 0 aliphatic carbocycles. The predicted molar refractivity (Wildman–Crippen MR) is 97.2 cm³/mol. The number of amides is 1. The second-order valence-corrected chi connectivity index (χ2v) is 5.56. The minimum Gasteiger partial charge on any atom is -0.382 e. The molecule has 1 aromatic carbocycles. The topological polar surface area (TPSA) is 58.4 Å². The number of carbonyl (C=O) groups is 1. The summed E-state index contributed by atoms with van der Waals surface area (Å²) < 4.78 is 0. The summed E-state index contributed by atoms with van der Waals surface area (Å²) in [4.78, 5) is 13.9. The summed E-state index contributed by atoms with van der Waals surface area (Å²) in [5, 5.41) is 3.57. The highest BCUT2D eigenvalue weighted by molar-refractivity contribution is 5.85. The van der Waals surface area contributed by atoms with Crippen LogP contribution in [0, 0.1) is 6.92 Å². The molecule has 3 N–H and O–H groups in total. The molecule has 1 saturated heterocycles. The lowest BCUT2D eigenvalue weighted by Crippen LogP contribution is -2.42. The minimum atomic E-state index is 0. The fourth-order valence-corrected chi connectivity index (χ4v) is 2.66. The van der Waals surface area contributed by atoms with Gasteiger partial charge in [0.05, 0.1) is 0 Å². The molecule has 1 fully saturated rings. The van der Waals surface area contributed by atoms with E-state index in [-0.39, 0.29) is 30.7 Å². The third kappa shape index (κ3) is 6.42. The quantitative estimate of drug-likeness (QED) is 0.860. The number of aryl methyl sites for hydroxylation is 1. The number of benzene rings is 1. The molecule has 1 aliphatic heterocycles. The number of rotatable bonds is 5. The Morgan fingerprint density at radius 2 is 2.00 bits per heavy atom. The Balaban J connectivity index is 0.00000220. The minimum absolute atomic E-state index is 0. The van der Waals surface area contributed by atoms with Gasteiger partial charge in [-0.2, -0.15) is 0 Å². The zero-order valence-corrected chi connectivity index (χ0v) is 14.7.